The number of rotatable bonds is 8. The van der Waals surface area contributed by atoms with E-state index in [9.17, 15) is 10.1 Å². The van der Waals surface area contributed by atoms with Crippen LogP contribution in [0.2, 0.25) is 0 Å². The van der Waals surface area contributed by atoms with Gasteiger partial charge in [0.1, 0.15) is 5.75 Å². The molecule has 0 aliphatic rings. The lowest BCUT2D eigenvalue weighted by Crippen LogP contribution is -2.02. The average molecular weight is 255 g/mol. The van der Waals surface area contributed by atoms with Crippen LogP contribution < -0.4 is 4.74 Å². The summed E-state index contributed by atoms with van der Waals surface area (Å²) < 4.78 is 10.4. The summed E-state index contributed by atoms with van der Waals surface area (Å²) in [5, 5.41) is 19.7. The van der Waals surface area contributed by atoms with Crippen LogP contribution in [-0.2, 0) is 11.3 Å². The number of hydrogen-bond donors (Lipinski definition) is 1. The molecule has 6 nitrogen and oxygen atoms in total. The molecule has 1 aromatic rings. The van der Waals surface area contributed by atoms with E-state index in [1.807, 2.05) is 0 Å². The zero-order valence-electron chi connectivity index (χ0n) is 10.3. The minimum absolute atomic E-state index is 0.0502. The van der Waals surface area contributed by atoms with Crippen LogP contribution in [0.5, 0.6) is 5.75 Å². The molecule has 1 N–H and O–H groups in total. The zero-order chi connectivity index (χ0) is 13.4. The Morgan fingerprint density at radius 1 is 1.33 bits per heavy atom. The van der Waals surface area contributed by atoms with Gasteiger partial charge in [0.05, 0.1) is 18.1 Å². The molecule has 0 aliphatic heterocycles. The second-order valence-corrected chi connectivity index (χ2v) is 3.76. The van der Waals surface area contributed by atoms with Crippen molar-refractivity contribution in [3.63, 3.8) is 0 Å². The molecule has 100 valence electrons. The number of methoxy groups -OCH3 is 1. The molecule has 0 aromatic heterocycles. The van der Waals surface area contributed by atoms with Gasteiger partial charge >= 0.3 is 0 Å². The Morgan fingerprint density at radius 2 is 2.06 bits per heavy atom. The van der Waals surface area contributed by atoms with Crippen LogP contribution in [0.15, 0.2) is 18.2 Å². The van der Waals surface area contributed by atoms with Crippen molar-refractivity contribution in [2.75, 3.05) is 20.3 Å². The standard InChI is InChI=1S/C12H17NO5/c1-17-6-2-3-7-18-12-5-4-11(13(15)16)8-10(12)9-14/h4-5,8,14H,2-3,6-7,9H2,1H3. The molecule has 0 saturated heterocycles. The van der Waals surface area contributed by atoms with Gasteiger partial charge in [0.15, 0.2) is 0 Å². The number of nitrogens with zero attached hydrogens (tertiary/aromatic N) is 1. The average Bonchev–Trinajstić information content (AvgIpc) is 2.38. The minimum atomic E-state index is -0.498. The van der Waals surface area contributed by atoms with Crippen LogP contribution >= 0.6 is 0 Å². The van der Waals surface area contributed by atoms with E-state index in [-0.39, 0.29) is 12.3 Å². The summed E-state index contributed by atoms with van der Waals surface area (Å²) in [5.41, 5.74) is 0.377. The molecule has 0 amide bonds. The van der Waals surface area contributed by atoms with Crippen molar-refractivity contribution in [3.8, 4) is 5.75 Å². The predicted octanol–water partition coefficient (Wildman–Crippen LogP) is 1.89. The first kappa shape index (κ1) is 14.4. The molecular weight excluding hydrogens is 238 g/mol. The van der Waals surface area contributed by atoms with Gasteiger partial charge in [0.25, 0.3) is 5.69 Å². The molecule has 6 heteroatoms. The van der Waals surface area contributed by atoms with Gasteiger partial charge in [-0.2, -0.15) is 0 Å². The van der Waals surface area contributed by atoms with Crippen LogP contribution in [-0.4, -0.2) is 30.4 Å². The first-order valence-corrected chi connectivity index (χ1v) is 5.69. The normalized spacial score (nSPS) is 10.3. The van der Waals surface area contributed by atoms with E-state index >= 15 is 0 Å². The van der Waals surface area contributed by atoms with E-state index < -0.39 is 4.92 Å². The third-order valence-electron chi connectivity index (χ3n) is 2.43. The van der Waals surface area contributed by atoms with Gasteiger partial charge in [-0.3, -0.25) is 10.1 Å². The van der Waals surface area contributed by atoms with Crippen molar-refractivity contribution in [3.05, 3.63) is 33.9 Å². The Bertz CT molecular complexity index is 394. The molecule has 0 fully saturated rings. The van der Waals surface area contributed by atoms with E-state index in [0.717, 1.165) is 12.8 Å². The minimum Gasteiger partial charge on any atom is -0.493 e. The fraction of sp³-hybridized carbons (Fsp3) is 0.500. The van der Waals surface area contributed by atoms with Crippen LogP contribution in [0.25, 0.3) is 0 Å². The SMILES string of the molecule is COCCCCOc1ccc([N+](=O)[O-])cc1CO. The van der Waals surface area contributed by atoms with E-state index in [0.29, 0.717) is 24.5 Å². The number of non-ortho nitro benzene ring substituents is 1. The van der Waals surface area contributed by atoms with Crippen molar-refractivity contribution < 1.29 is 19.5 Å². The van der Waals surface area contributed by atoms with E-state index in [1.165, 1.54) is 18.2 Å². The quantitative estimate of drug-likeness (QED) is 0.436. The van der Waals surface area contributed by atoms with Crippen LogP contribution in [0.4, 0.5) is 5.69 Å². The molecule has 18 heavy (non-hydrogen) atoms. The lowest BCUT2D eigenvalue weighted by molar-refractivity contribution is -0.385. The van der Waals surface area contributed by atoms with Crippen molar-refractivity contribution in [1.82, 2.24) is 0 Å². The highest BCUT2D eigenvalue weighted by Crippen LogP contribution is 2.24. The number of hydrogen-bond acceptors (Lipinski definition) is 5. The third-order valence-corrected chi connectivity index (χ3v) is 2.43. The van der Waals surface area contributed by atoms with Crippen molar-refractivity contribution in [1.29, 1.82) is 0 Å². The van der Waals surface area contributed by atoms with E-state index in [4.69, 9.17) is 14.6 Å². The van der Waals surface area contributed by atoms with Crippen LogP contribution in [0.1, 0.15) is 18.4 Å². The molecule has 0 radical (unpaired) electrons. The van der Waals surface area contributed by atoms with Crippen molar-refractivity contribution in [2.45, 2.75) is 19.4 Å². The maximum Gasteiger partial charge on any atom is 0.270 e. The number of nitro groups is 1. The van der Waals surface area contributed by atoms with Crippen molar-refractivity contribution in [2.24, 2.45) is 0 Å². The van der Waals surface area contributed by atoms with Gasteiger partial charge < -0.3 is 14.6 Å². The van der Waals surface area contributed by atoms with Crippen LogP contribution in [0, 0.1) is 10.1 Å². The van der Waals surface area contributed by atoms with Gasteiger partial charge in [0.2, 0.25) is 0 Å². The second-order valence-electron chi connectivity index (χ2n) is 3.76. The van der Waals surface area contributed by atoms with Gasteiger partial charge in [-0.1, -0.05) is 0 Å². The van der Waals surface area contributed by atoms with Crippen LogP contribution in [0.3, 0.4) is 0 Å². The summed E-state index contributed by atoms with van der Waals surface area (Å²) >= 11 is 0. The number of benzene rings is 1. The number of aliphatic hydroxyl groups is 1. The highest BCUT2D eigenvalue weighted by molar-refractivity contribution is 5.43. The monoisotopic (exact) mass is 255 g/mol. The van der Waals surface area contributed by atoms with Gasteiger partial charge in [-0.15, -0.1) is 0 Å². The number of nitro benzene ring substituents is 1. The summed E-state index contributed by atoms with van der Waals surface area (Å²) in [5.74, 6) is 0.487. The number of aliphatic hydroxyl groups excluding tert-OH is 1. The van der Waals surface area contributed by atoms with Gasteiger partial charge in [0, 0.05) is 31.4 Å². The van der Waals surface area contributed by atoms with E-state index in [1.54, 1.807) is 7.11 Å². The molecule has 0 unspecified atom stereocenters. The Hall–Kier alpha value is -1.66. The summed E-state index contributed by atoms with van der Waals surface area (Å²) in [6, 6.07) is 4.20. The molecule has 0 heterocycles. The molecule has 1 rings (SSSR count). The largest absolute Gasteiger partial charge is 0.493 e. The third kappa shape index (κ3) is 4.31. The van der Waals surface area contributed by atoms with Gasteiger partial charge in [-0.05, 0) is 18.9 Å². The Labute approximate surface area is 105 Å². The summed E-state index contributed by atoms with van der Waals surface area (Å²) in [7, 11) is 1.64. The summed E-state index contributed by atoms with van der Waals surface area (Å²) in [4.78, 5) is 10.1. The number of unbranched alkanes of at least 4 members (excludes halogenated alkanes) is 1. The smallest absolute Gasteiger partial charge is 0.270 e. The number of ether oxygens (including phenoxy) is 2. The Morgan fingerprint density at radius 3 is 2.67 bits per heavy atom. The van der Waals surface area contributed by atoms with Gasteiger partial charge in [-0.25, -0.2) is 0 Å². The summed E-state index contributed by atoms with van der Waals surface area (Å²) in [6.07, 6.45) is 1.72. The molecule has 0 saturated carbocycles. The first-order chi connectivity index (χ1) is 8.69. The topological polar surface area (TPSA) is 81.8 Å². The predicted molar refractivity (Wildman–Crippen MR) is 65.6 cm³/mol. The molecule has 0 bridgehead atoms. The first-order valence-electron chi connectivity index (χ1n) is 5.69. The maximum absolute atomic E-state index is 10.6. The summed E-state index contributed by atoms with van der Waals surface area (Å²) in [6.45, 7) is 0.889. The molecule has 0 aliphatic carbocycles. The Balaban J connectivity index is 2.57. The molecular formula is C12H17NO5. The fourth-order valence-electron chi connectivity index (χ4n) is 1.47. The molecule has 0 atom stereocenters. The lowest BCUT2D eigenvalue weighted by Gasteiger charge is -2.09. The Kier molecular flexibility index (Phi) is 6.10. The maximum atomic E-state index is 10.6. The second kappa shape index (κ2) is 7.62. The molecule has 1 aromatic carbocycles. The zero-order valence-corrected chi connectivity index (χ0v) is 10.3. The van der Waals surface area contributed by atoms with Crippen molar-refractivity contribution >= 4 is 5.69 Å². The van der Waals surface area contributed by atoms with E-state index in [2.05, 4.69) is 0 Å². The highest BCUT2D eigenvalue weighted by atomic mass is 16.6. The molecule has 0 spiro atoms. The lowest BCUT2D eigenvalue weighted by atomic mass is 10.2. The fourth-order valence-corrected chi connectivity index (χ4v) is 1.47. The highest BCUT2D eigenvalue weighted by Gasteiger charge is 2.10.